The fraction of sp³-hybridized carbons (Fsp3) is 0.429. The normalized spacial score (nSPS) is 16.2. The van der Waals surface area contributed by atoms with Crippen LogP contribution in [-0.2, 0) is 0 Å². The van der Waals surface area contributed by atoms with Gasteiger partial charge in [-0.15, -0.1) is 13.2 Å². The standard InChI is InChI=1S/C7H12O2/c1-3-6(5-8)7(9)4-2/h3-4,6-9H,1-2,5H2. The first-order chi connectivity index (χ1) is 4.26. The van der Waals surface area contributed by atoms with Gasteiger partial charge in [-0.2, -0.15) is 0 Å². The van der Waals surface area contributed by atoms with Crippen LogP contribution in [0, 0.1) is 5.92 Å². The lowest BCUT2D eigenvalue weighted by Crippen LogP contribution is -2.18. The summed E-state index contributed by atoms with van der Waals surface area (Å²) in [6.07, 6.45) is 2.21. The van der Waals surface area contributed by atoms with Gasteiger partial charge < -0.3 is 10.2 Å². The van der Waals surface area contributed by atoms with Crippen LogP contribution in [0.25, 0.3) is 0 Å². The molecule has 0 saturated heterocycles. The van der Waals surface area contributed by atoms with Gasteiger partial charge in [0.2, 0.25) is 0 Å². The molecule has 2 heteroatoms. The van der Waals surface area contributed by atoms with Crippen LogP contribution in [0.5, 0.6) is 0 Å². The summed E-state index contributed by atoms with van der Waals surface area (Å²) < 4.78 is 0. The number of rotatable bonds is 4. The molecule has 0 radical (unpaired) electrons. The third kappa shape index (κ3) is 2.44. The Bertz CT molecular complexity index is 99.1. The maximum Gasteiger partial charge on any atom is 0.0802 e. The van der Waals surface area contributed by atoms with E-state index in [-0.39, 0.29) is 12.5 Å². The van der Waals surface area contributed by atoms with Gasteiger partial charge >= 0.3 is 0 Å². The van der Waals surface area contributed by atoms with E-state index in [0.29, 0.717) is 0 Å². The highest BCUT2D eigenvalue weighted by Gasteiger charge is 2.09. The van der Waals surface area contributed by atoms with Crippen LogP contribution in [0.4, 0.5) is 0 Å². The van der Waals surface area contributed by atoms with Crippen LogP contribution >= 0.6 is 0 Å². The summed E-state index contributed by atoms with van der Waals surface area (Å²) in [5.41, 5.74) is 0. The van der Waals surface area contributed by atoms with Gasteiger partial charge in [0.15, 0.2) is 0 Å². The molecule has 52 valence electrons. The molecule has 0 aliphatic heterocycles. The van der Waals surface area contributed by atoms with Gasteiger partial charge in [-0.3, -0.25) is 0 Å². The van der Waals surface area contributed by atoms with Crippen molar-refractivity contribution in [1.29, 1.82) is 0 Å². The first kappa shape index (κ1) is 8.40. The van der Waals surface area contributed by atoms with E-state index in [1.807, 2.05) is 0 Å². The molecule has 0 fully saturated rings. The average molecular weight is 128 g/mol. The highest BCUT2D eigenvalue weighted by atomic mass is 16.3. The summed E-state index contributed by atoms with van der Waals surface area (Å²) in [4.78, 5) is 0. The molecule has 0 aliphatic rings. The quantitative estimate of drug-likeness (QED) is 0.535. The first-order valence-corrected chi connectivity index (χ1v) is 2.80. The highest BCUT2D eigenvalue weighted by Crippen LogP contribution is 2.03. The molecule has 9 heavy (non-hydrogen) atoms. The molecular formula is C7H12O2. The van der Waals surface area contributed by atoms with Crippen molar-refractivity contribution in [1.82, 2.24) is 0 Å². The van der Waals surface area contributed by atoms with Crippen molar-refractivity contribution in [2.24, 2.45) is 5.92 Å². The molecular weight excluding hydrogens is 116 g/mol. The van der Waals surface area contributed by atoms with E-state index in [4.69, 9.17) is 10.2 Å². The minimum atomic E-state index is -0.674. The highest BCUT2D eigenvalue weighted by molar-refractivity contribution is 4.92. The summed E-state index contributed by atoms with van der Waals surface area (Å²) in [6, 6.07) is 0. The minimum Gasteiger partial charge on any atom is -0.396 e. The Morgan fingerprint density at radius 3 is 2.00 bits per heavy atom. The molecule has 2 unspecified atom stereocenters. The van der Waals surface area contributed by atoms with Crippen molar-refractivity contribution in [2.75, 3.05) is 6.61 Å². The molecule has 2 atom stereocenters. The molecule has 0 spiro atoms. The van der Waals surface area contributed by atoms with E-state index in [1.165, 1.54) is 12.2 Å². The van der Waals surface area contributed by atoms with Crippen LogP contribution in [0.3, 0.4) is 0 Å². The van der Waals surface area contributed by atoms with Gasteiger partial charge in [0.1, 0.15) is 0 Å². The van der Waals surface area contributed by atoms with Crippen LogP contribution in [0.15, 0.2) is 25.3 Å². The SMILES string of the molecule is C=CC(O)C(C=C)CO. The molecule has 2 nitrogen and oxygen atoms in total. The van der Waals surface area contributed by atoms with Crippen molar-refractivity contribution in [2.45, 2.75) is 6.10 Å². The van der Waals surface area contributed by atoms with Crippen molar-refractivity contribution < 1.29 is 10.2 Å². The second-order valence-corrected chi connectivity index (χ2v) is 1.81. The Hall–Kier alpha value is -0.600. The molecule has 0 aromatic heterocycles. The van der Waals surface area contributed by atoms with Gasteiger partial charge in [0.25, 0.3) is 0 Å². The number of hydrogen-bond acceptors (Lipinski definition) is 2. The first-order valence-electron chi connectivity index (χ1n) is 2.80. The smallest absolute Gasteiger partial charge is 0.0802 e. The molecule has 0 rings (SSSR count). The zero-order valence-electron chi connectivity index (χ0n) is 5.33. The molecule has 0 aromatic rings. The van der Waals surface area contributed by atoms with Gasteiger partial charge in [-0.25, -0.2) is 0 Å². The van der Waals surface area contributed by atoms with Gasteiger partial charge in [-0.1, -0.05) is 12.2 Å². The third-order valence-electron chi connectivity index (χ3n) is 1.19. The van der Waals surface area contributed by atoms with Crippen LogP contribution < -0.4 is 0 Å². The van der Waals surface area contributed by atoms with Crippen molar-refractivity contribution in [3.05, 3.63) is 25.3 Å². The minimum absolute atomic E-state index is 0.0866. The second kappa shape index (κ2) is 4.30. The number of aliphatic hydroxyl groups is 2. The molecule has 0 aliphatic carbocycles. The van der Waals surface area contributed by atoms with E-state index in [2.05, 4.69) is 13.2 Å². The monoisotopic (exact) mass is 128 g/mol. The Morgan fingerprint density at radius 2 is 1.89 bits per heavy atom. The Morgan fingerprint density at radius 1 is 1.33 bits per heavy atom. The van der Waals surface area contributed by atoms with Crippen molar-refractivity contribution in [3.8, 4) is 0 Å². The van der Waals surface area contributed by atoms with Crippen molar-refractivity contribution >= 4 is 0 Å². The molecule has 2 N–H and O–H groups in total. The lowest BCUT2D eigenvalue weighted by molar-refractivity contribution is 0.127. The fourth-order valence-corrected chi connectivity index (χ4v) is 0.497. The number of aliphatic hydroxyl groups excluding tert-OH is 2. The molecule has 0 aromatic carbocycles. The molecule has 0 bridgehead atoms. The van der Waals surface area contributed by atoms with E-state index < -0.39 is 6.10 Å². The molecule has 0 amide bonds. The Labute approximate surface area is 55.1 Å². The van der Waals surface area contributed by atoms with Gasteiger partial charge in [0.05, 0.1) is 12.7 Å². The lowest BCUT2D eigenvalue weighted by atomic mass is 10.0. The summed E-state index contributed by atoms with van der Waals surface area (Å²) in [5, 5.41) is 17.5. The van der Waals surface area contributed by atoms with Gasteiger partial charge in [0, 0.05) is 5.92 Å². The zero-order valence-corrected chi connectivity index (χ0v) is 5.33. The second-order valence-electron chi connectivity index (χ2n) is 1.81. The van der Waals surface area contributed by atoms with Crippen molar-refractivity contribution in [3.63, 3.8) is 0 Å². The van der Waals surface area contributed by atoms with E-state index in [1.54, 1.807) is 0 Å². The predicted molar refractivity (Wildman–Crippen MR) is 37.0 cm³/mol. The van der Waals surface area contributed by atoms with Crippen LogP contribution in [-0.4, -0.2) is 22.9 Å². The van der Waals surface area contributed by atoms with E-state index in [0.717, 1.165) is 0 Å². The van der Waals surface area contributed by atoms with E-state index in [9.17, 15) is 0 Å². The largest absolute Gasteiger partial charge is 0.396 e. The average Bonchev–Trinajstić information content (AvgIpc) is 1.90. The maximum absolute atomic E-state index is 8.97. The predicted octanol–water partition coefficient (Wildman–Crippen LogP) is 0.328. The Kier molecular flexibility index (Phi) is 4.01. The molecule has 0 heterocycles. The fourth-order valence-electron chi connectivity index (χ4n) is 0.497. The van der Waals surface area contributed by atoms with Gasteiger partial charge in [-0.05, 0) is 0 Å². The van der Waals surface area contributed by atoms with Crippen LogP contribution in [0.1, 0.15) is 0 Å². The lowest BCUT2D eigenvalue weighted by Gasteiger charge is -2.11. The molecule has 0 saturated carbocycles. The third-order valence-corrected chi connectivity index (χ3v) is 1.19. The van der Waals surface area contributed by atoms with E-state index >= 15 is 0 Å². The summed E-state index contributed by atoms with van der Waals surface area (Å²) in [5.74, 6) is -0.275. The zero-order chi connectivity index (χ0) is 7.28. The Balaban J connectivity index is 3.77. The summed E-state index contributed by atoms with van der Waals surface area (Å²) in [7, 11) is 0. The summed E-state index contributed by atoms with van der Waals surface area (Å²) in [6.45, 7) is 6.72. The van der Waals surface area contributed by atoms with Crippen LogP contribution in [0.2, 0.25) is 0 Å². The number of hydrogen-bond donors (Lipinski definition) is 2. The topological polar surface area (TPSA) is 40.5 Å². The summed E-state index contributed by atoms with van der Waals surface area (Å²) >= 11 is 0. The maximum atomic E-state index is 8.97.